The van der Waals surface area contributed by atoms with Crippen molar-refractivity contribution in [3.8, 4) is 0 Å². The van der Waals surface area contributed by atoms with E-state index >= 15 is 0 Å². The Morgan fingerprint density at radius 2 is 1.78 bits per heavy atom. The molecule has 0 unspecified atom stereocenters. The van der Waals surface area contributed by atoms with Crippen molar-refractivity contribution in [2.75, 3.05) is 24.5 Å². The molecule has 0 atom stereocenters. The Labute approximate surface area is 189 Å². The lowest BCUT2D eigenvalue weighted by molar-refractivity contribution is 0.0705. The highest BCUT2D eigenvalue weighted by molar-refractivity contribution is 5.92. The maximum atomic E-state index is 12.7. The third kappa shape index (κ3) is 4.22. The van der Waals surface area contributed by atoms with Crippen LogP contribution >= 0.6 is 0 Å². The number of rotatable bonds is 4. The number of pyridine rings is 1. The number of anilines is 1. The summed E-state index contributed by atoms with van der Waals surface area (Å²) in [7, 11) is 0. The Hall–Kier alpha value is -3.28. The summed E-state index contributed by atoms with van der Waals surface area (Å²) >= 11 is 0. The first kappa shape index (κ1) is 20.6. The minimum atomic E-state index is 0.0145. The number of carbonyl (C=O) groups excluding carboxylic acids is 1. The minimum absolute atomic E-state index is 0.0145. The van der Waals surface area contributed by atoms with Crippen molar-refractivity contribution in [1.29, 1.82) is 0 Å². The van der Waals surface area contributed by atoms with E-state index in [0.29, 0.717) is 18.8 Å². The fourth-order valence-corrected chi connectivity index (χ4v) is 4.84. The number of hydrogen-bond acceptors (Lipinski definition) is 5. The minimum Gasteiger partial charge on any atom is -0.352 e. The van der Waals surface area contributed by atoms with E-state index in [-0.39, 0.29) is 11.8 Å². The Morgan fingerprint density at radius 1 is 1.00 bits per heavy atom. The number of carbonyl (C=O) groups is 1. The summed E-state index contributed by atoms with van der Waals surface area (Å²) in [4.78, 5) is 31.3. The highest BCUT2D eigenvalue weighted by Gasteiger charge is 2.29. The van der Waals surface area contributed by atoms with Gasteiger partial charge in [0, 0.05) is 49.6 Å². The first-order chi connectivity index (χ1) is 15.7. The van der Waals surface area contributed by atoms with Crippen LogP contribution in [-0.2, 0) is 13.0 Å². The Bertz CT molecular complexity index is 1080. The molecule has 5 rings (SSSR count). The van der Waals surface area contributed by atoms with E-state index in [0.717, 1.165) is 56.1 Å². The molecular weight excluding hydrogens is 398 g/mol. The van der Waals surface area contributed by atoms with Crippen LogP contribution in [0.15, 0.2) is 54.7 Å². The molecular formula is C26H29N5O. The molecule has 164 valence electrons. The average molecular weight is 428 g/mol. The highest BCUT2D eigenvalue weighted by atomic mass is 16.2. The maximum absolute atomic E-state index is 12.7. The van der Waals surface area contributed by atoms with E-state index < -0.39 is 0 Å². The van der Waals surface area contributed by atoms with Gasteiger partial charge in [-0.05, 0) is 50.3 Å². The van der Waals surface area contributed by atoms with E-state index in [4.69, 9.17) is 9.97 Å². The lowest BCUT2D eigenvalue weighted by Crippen LogP contribution is -2.39. The molecule has 0 spiro atoms. The Balaban J connectivity index is 1.32. The van der Waals surface area contributed by atoms with Gasteiger partial charge in [-0.3, -0.25) is 9.78 Å². The standard InChI is InChI=1S/C26H29N5O/c1-19-22-10-7-15-31(18-20-8-3-2-4-9-20)25(22)29-24(28-19)21-12-16-30(17-13-21)26(32)23-11-5-6-14-27-23/h2-6,8-9,11,14,21H,7,10,12-13,15-18H2,1H3. The van der Waals surface area contributed by atoms with Crippen LogP contribution < -0.4 is 4.90 Å². The first-order valence-corrected chi connectivity index (χ1v) is 11.6. The van der Waals surface area contributed by atoms with Gasteiger partial charge in [-0.15, -0.1) is 0 Å². The number of piperidine rings is 1. The predicted molar refractivity (Wildman–Crippen MR) is 125 cm³/mol. The van der Waals surface area contributed by atoms with Crippen LogP contribution in [0.5, 0.6) is 0 Å². The molecule has 3 aromatic rings. The van der Waals surface area contributed by atoms with E-state index in [1.807, 2.05) is 17.0 Å². The summed E-state index contributed by atoms with van der Waals surface area (Å²) in [5.74, 6) is 2.34. The maximum Gasteiger partial charge on any atom is 0.272 e. The molecule has 1 aromatic carbocycles. The zero-order valence-corrected chi connectivity index (χ0v) is 18.6. The second-order valence-electron chi connectivity index (χ2n) is 8.76. The van der Waals surface area contributed by atoms with Crippen LogP contribution in [0.3, 0.4) is 0 Å². The number of likely N-dealkylation sites (tertiary alicyclic amines) is 1. The zero-order valence-electron chi connectivity index (χ0n) is 18.6. The van der Waals surface area contributed by atoms with E-state index in [1.165, 1.54) is 11.1 Å². The number of amides is 1. The molecule has 0 radical (unpaired) electrons. The van der Waals surface area contributed by atoms with Crippen LogP contribution in [0.1, 0.15) is 58.3 Å². The lowest BCUT2D eigenvalue weighted by atomic mass is 9.94. The van der Waals surface area contributed by atoms with E-state index in [2.05, 4.69) is 47.1 Å². The first-order valence-electron chi connectivity index (χ1n) is 11.6. The second kappa shape index (κ2) is 9.07. The number of aryl methyl sites for hydroxylation is 1. The molecule has 0 N–H and O–H groups in total. The molecule has 0 aliphatic carbocycles. The van der Waals surface area contributed by atoms with Crippen LogP contribution in [0.4, 0.5) is 5.82 Å². The average Bonchev–Trinajstić information content (AvgIpc) is 2.85. The smallest absolute Gasteiger partial charge is 0.272 e. The van der Waals surface area contributed by atoms with Gasteiger partial charge in [-0.25, -0.2) is 9.97 Å². The molecule has 2 aromatic heterocycles. The normalized spacial score (nSPS) is 16.7. The topological polar surface area (TPSA) is 62.2 Å². The van der Waals surface area contributed by atoms with Gasteiger partial charge in [0.1, 0.15) is 17.3 Å². The quantitative estimate of drug-likeness (QED) is 0.626. The Kier molecular flexibility index (Phi) is 5.84. The van der Waals surface area contributed by atoms with Crippen molar-refractivity contribution in [2.45, 2.75) is 45.1 Å². The second-order valence-corrected chi connectivity index (χ2v) is 8.76. The summed E-state index contributed by atoms with van der Waals surface area (Å²) in [6, 6.07) is 16.1. The summed E-state index contributed by atoms with van der Waals surface area (Å²) < 4.78 is 0. The van der Waals surface area contributed by atoms with Crippen LogP contribution in [0.2, 0.25) is 0 Å². The molecule has 6 nitrogen and oxygen atoms in total. The summed E-state index contributed by atoms with van der Waals surface area (Å²) in [5.41, 5.74) is 4.22. The number of aromatic nitrogens is 3. The molecule has 1 amide bonds. The van der Waals surface area contributed by atoms with Crippen molar-refractivity contribution in [3.63, 3.8) is 0 Å². The van der Waals surface area contributed by atoms with E-state index in [1.54, 1.807) is 12.3 Å². The number of benzene rings is 1. The van der Waals surface area contributed by atoms with Gasteiger partial charge in [0.15, 0.2) is 0 Å². The number of nitrogens with zero attached hydrogens (tertiary/aromatic N) is 5. The van der Waals surface area contributed by atoms with Gasteiger partial charge in [0.2, 0.25) is 0 Å². The Morgan fingerprint density at radius 3 is 2.53 bits per heavy atom. The fourth-order valence-electron chi connectivity index (χ4n) is 4.84. The van der Waals surface area contributed by atoms with Gasteiger partial charge in [0.05, 0.1) is 0 Å². The van der Waals surface area contributed by atoms with Crippen molar-refractivity contribution >= 4 is 11.7 Å². The monoisotopic (exact) mass is 427 g/mol. The van der Waals surface area contributed by atoms with Crippen molar-refractivity contribution in [1.82, 2.24) is 19.9 Å². The van der Waals surface area contributed by atoms with Gasteiger partial charge < -0.3 is 9.80 Å². The van der Waals surface area contributed by atoms with E-state index in [9.17, 15) is 4.79 Å². The van der Waals surface area contributed by atoms with Gasteiger partial charge in [-0.1, -0.05) is 36.4 Å². The summed E-state index contributed by atoms with van der Waals surface area (Å²) in [5, 5.41) is 0. The highest BCUT2D eigenvalue weighted by Crippen LogP contribution is 2.33. The van der Waals surface area contributed by atoms with Crippen LogP contribution in [-0.4, -0.2) is 45.4 Å². The van der Waals surface area contributed by atoms with Crippen molar-refractivity contribution in [3.05, 3.63) is 83.1 Å². The van der Waals surface area contributed by atoms with Crippen LogP contribution in [0.25, 0.3) is 0 Å². The molecule has 6 heteroatoms. The molecule has 0 bridgehead atoms. The zero-order chi connectivity index (χ0) is 21.9. The fraction of sp³-hybridized carbons (Fsp3) is 0.385. The largest absolute Gasteiger partial charge is 0.352 e. The SMILES string of the molecule is Cc1nc(C2CCN(C(=O)c3ccccn3)CC2)nc2c1CCCN2Cc1ccccc1. The third-order valence-corrected chi connectivity index (χ3v) is 6.61. The molecule has 2 aliphatic rings. The summed E-state index contributed by atoms with van der Waals surface area (Å²) in [6.45, 7) is 5.45. The van der Waals surface area contributed by atoms with Gasteiger partial charge >= 0.3 is 0 Å². The van der Waals surface area contributed by atoms with Gasteiger partial charge in [-0.2, -0.15) is 0 Å². The molecule has 32 heavy (non-hydrogen) atoms. The molecule has 1 fully saturated rings. The molecule has 2 aliphatic heterocycles. The third-order valence-electron chi connectivity index (χ3n) is 6.61. The van der Waals surface area contributed by atoms with Crippen molar-refractivity contribution in [2.24, 2.45) is 0 Å². The van der Waals surface area contributed by atoms with Crippen molar-refractivity contribution < 1.29 is 4.79 Å². The number of fused-ring (bicyclic) bond motifs is 1. The lowest BCUT2D eigenvalue weighted by Gasteiger charge is -2.34. The number of hydrogen-bond donors (Lipinski definition) is 0. The molecule has 1 saturated heterocycles. The predicted octanol–water partition coefficient (Wildman–Crippen LogP) is 4.15. The summed E-state index contributed by atoms with van der Waals surface area (Å²) in [6.07, 6.45) is 5.62. The van der Waals surface area contributed by atoms with Gasteiger partial charge in [0.25, 0.3) is 5.91 Å². The van der Waals surface area contributed by atoms with Crippen LogP contribution in [0, 0.1) is 6.92 Å². The molecule has 0 saturated carbocycles. The molecule has 4 heterocycles.